The molecule has 0 N–H and O–H groups in total. The second-order valence-corrected chi connectivity index (χ2v) is 7.33. The van der Waals surface area contributed by atoms with E-state index in [-0.39, 0.29) is 30.1 Å². The Bertz CT molecular complexity index is 1060. The van der Waals surface area contributed by atoms with Gasteiger partial charge in [0.1, 0.15) is 0 Å². The molecule has 0 aliphatic rings. The first kappa shape index (κ1) is 22.3. The zero-order valence-electron chi connectivity index (χ0n) is 17.6. The number of halogens is 2. The molecule has 1 amide bonds. The van der Waals surface area contributed by atoms with Crippen LogP contribution in [0.3, 0.4) is 0 Å². The van der Waals surface area contributed by atoms with Crippen LogP contribution in [0.25, 0.3) is 11.1 Å². The van der Waals surface area contributed by atoms with Gasteiger partial charge >= 0.3 is 0 Å². The Kier molecular flexibility index (Phi) is 7.23. The topological polar surface area (TPSA) is 50.3 Å². The van der Waals surface area contributed by atoms with E-state index in [1.165, 1.54) is 6.07 Å². The van der Waals surface area contributed by atoms with E-state index in [2.05, 4.69) is 4.98 Å². The van der Waals surface area contributed by atoms with E-state index in [1.54, 1.807) is 24.1 Å². The summed E-state index contributed by atoms with van der Waals surface area (Å²) in [6.45, 7) is 1.97. The highest BCUT2D eigenvalue weighted by molar-refractivity contribution is 5.96. The fourth-order valence-corrected chi connectivity index (χ4v) is 3.27. The number of ketones is 1. The highest BCUT2D eigenvalue weighted by Gasteiger charge is 2.12. The summed E-state index contributed by atoms with van der Waals surface area (Å²) < 4.78 is 26.5. The van der Waals surface area contributed by atoms with Crippen LogP contribution in [0.4, 0.5) is 14.5 Å². The van der Waals surface area contributed by atoms with Gasteiger partial charge in [0.05, 0.1) is 0 Å². The number of rotatable bonds is 8. The summed E-state index contributed by atoms with van der Waals surface area (Å²) in [4.78, 5) is 29.2. The van der Waals surface area contributed by atoms with E-state index in [0.29, 0.717) is 12.0 Å². The van der Waals surface area contributed by atoms with Crippen LogP contribution in [0.15, 0.2) is 60.7 Å². The van der Waals surface area contributed by atoms with Gasteiger partial charge in [-0.25, -0.2) is 0 Å². The minimum Gasteiger partial charge on any atom is -0.316 e. The van der Waals surface area contributed by atoms with E-state index in [9.17, 15) is 18.4 Å². The molecule has 0 saturated heterocycles. The van der Waals surface area contributed by atoms with Crippen LogP contribution in [-0.4, -0.2) is 23.7 Å². The molecule has 3 aromatic rings. The van der Waals surface area contributed by atoms with E-state index >= 15 is 0 Å². The second-order valence-electron chi connectivity index (χ2n) is 7.33. The molecule has 1 aromatic heterocycles. The molecule has 0 bridgehead atoms. The number of Topliss-reactive ketones (excluding diaryl/α,β-unsaturated/α-hetero) is 1. The first-order valence-corrected chi connectivity index (χ1v) is 10.2. The zero-order valence-corrected chi connectivity index (χ0v) is 17.6. The van der Waals surface area contributed by atoms with Gasteiger partial charge in [0, 0.05) is 36.7 Å². The molecule has 3 rings (SSSR count). The van der Waals surface area contributed by atoms with Crippen LogP contribution in [0.5, 0.6) is 0 Å². The number of benzene rings is 2. The maximum Gasteiger partial charge on any atom is 0.226 e. The first-order valence-electron chi connectivity index (χ1n) is 10.2. The number of aryl methyl sites for hydroxylation is 1. The molecule has 0 aliphatic carbocycles. The molecule has 0 atom stereocenters. The number of nitrogens with zero attached hydrogens (tertiary/aromatic N) is 2. The lowest BCUT2D eigenvalue weighted by Gasteiger charge is -2.17. The molecule has 0 fully saturated rings. The number of hydrogen-bond acceptors (Lipinski definition) is 3. The highest BCUT2D eigenvalue weighted by atomic mass is 19.1. The molecular weight excluding hydrogens is 398 g/mol. The monoisotopic (exact) mass is 422 g/mol. The summed E-state index contributed by atoms with van der Waals surface area (Å²) >= 11 is 0. The molecule has 4 nitrogen and oxygen atoms in total. The van der Waals surface area contributed by atoms with Gasteiger partial charge in [0.15, 0.2) is 5.78 Å². The molecule has 0 aliphatic heterocycles. The van der Waals surface area contributed by atoms with Crippen molar-refractivity contribution in [2.75, 3.05) is 11.9 Å². The number of pyridine rings is 1. The average Bonchev–Trinajstić information content (AvgIpc) is 2.78. The van der Waals surface area contributed by atoms with Crippen LogP contribution in [0.1, 0.15) is 42.1 Å². The minimum absolute atomic E-state index is 0.0782. The van der Waals surface area contributed by atoms with Gasteiger partial charge in [-0.2, -0.15) is 13.8 Å². The van der Waals surface area contributed by atoms with Crippen molar-refractivity contribution in [1.82, 2.24) is 4.98 Å². The maximum atomic E-state index is 13.6. The second kappa shape index (κ2) is 10.1. The third-order valence-electron chi connectivity index (χ3n) is 5.15. The number of carbonyl (C=O) groups is 2. The zero-order chi connectivity index (χ0) is 22.4. The number of hydrogen-bond donors (Lipinski definition) is 0. The van der Waals surface area contributed by atoms with Gasteiger partial charge in [0.2, 0.25) is 17.8 Å². The Hall–Kier alpha value is -3.41. The largest absolute Gasteiger partial charge is 0.316 e. The van der Waals surface area contributed by atoms with Crippen molar-refractivity contribution in [2.45, 2.75) is 32.6 Å². The number of carbonyl (C=O) groups excluding carboxylic acids is 2. The van der Waals surface area contributed by atoms with Crippen LogP contribution >= 0.6 is 0 Å². The fourth-order valence-electron chi connectivity index (χ4n) is 3.27. The number of aromatic nitrogens is 1. The molecule has 0 unspecified atom stereocenters. The maximum absolute atomic E-state index is 13.6. The summed E-state index contributed by atoms with van der Waals surface area (Å²) in [6.07, 6.45) is 1.59. The predicted molar refractivity (Wildman–Crippen MR) is 117 cm³/mol. The molecule has 2 aromatic carbocycles. The molecule has 31 heavy (non-hydrogen) atoms. The van der Waals surface area contributed by atoms with Gasteiger partial charge in [-0.15, -0.1) is 0 Å². The van der Waals surface area contributed by atoms with Crippen molar-refractivity contribution in [2.24, 2.45) is 0 Å². The standard InChI is InChI=1S/C25H24F2N2O2/c1-3-4-24(31)29(2)21-13-9-18(10-14-21)17-5-7-19(8-6-17)22(30)15-11-20-12-16-23(26)28-25(20)27/h5-10,12-14,16H,3-4,11,15H2,1-2H3. The van der Waals surface area contributed by atoms with Gasteiger partial charge < -0.3 is 4.90 Å². The van der Waals surface area contributed by atoms with E-state index in [1.807, 2.05) is 43.3 Å². The molecule has 0 saturated carbocycles. The van der Waals surface area contributed by atoms with Crippen molar-refractivity contribution >= 4 is 17.4 Å². The first-order chi connectivity index (χ1) is 14.9. The summed E-state index contributed by atoms with van der Waals surface area (Å²) in [5, 5.41) is 0. The smallest absolute Gasteiger partial charge is 0.226 e. The van der Waals surface area contributed by atoms with Gasteiger partial charge in [0.25, 0.3) is 0 Å². The van der Waals surface area contributed by atoms with Crippen LogP contribution in [0, 0.1) is 11.9 Å². The van der Waals surface area contributed by atoms with Gasteiger partial charge in [-0.05, 0) is 48.2 Å². The molecule has 160 valence electrons. The van der Waals surface area contributed by atoms with Crippen LogP contribution in [-0.2, 0) is 11.2 Å². The number of anilines is 1. The van der Waals surface area contributed by atoms with E-state index in [0.717, 1.165) is 29.3 Å². The lowest BCUT2D eigenvalue weighted by Crippen LogP contribution is -2.25. The van der Waals surface area contributed by atoms with Crippen molar-refractivity contribution in [1.29, 1.82) is 0 Å². The third-order valence-corrected chi connectivity index (χ3v) is 5.15. The predicted octanol–water partition coefficient (Wildman–Crippen LogP) is 5.61. The molecular formula is C25H24F2N2O2. The summed E-state index contributed by atoms with van der Waals surface area (Å²) in [5.41, 5.74) is 3.49. The van der Waals surface area contributed by atoms with Crippen LogP contribution < -0.4 is 4.90 Å². The number of amides is 1. The summed E-state index contributed by atoms with van der Waals surface area (Å²) in [6, 6.07) is 17.2. The quantitative estimate of drug-likeness (QED) is 0.350. The molecule has 6 heteroatoms. The Labute approximate surface area is 180 Å². The van der Waals surface area contributed by atoms with Crippen molar-refractivity contribution in [3.8, 4) is 11.1 Å². The van der Waals surface area contributed by atoms with Crippen molar-refractivity contribution in [3.05, 3.63) is 83.7 Å². The average molecular weight is 422 g/mol. The third kappa shape index (κ3) is 5.60. The normalized spacial score (nSPS) is 10.7. The van der Waals surface area contributed by atoms with Crippen molar-refractivity contribution in [3.63, 3.8) is 0 Å². The van der Waals surface area contributed by atoms with Gasteiger partial charge in [-0.1, -0.05) is 43.3 Å². The Morgan fingerprint density at radius 2 is 1.48 bits per heavy atom. The van der Waals surface area contributed by atoms with E-state index in [4.69, 9.17) is 0 Å². The fraction of sp³-hybridized carbons (Fsp3) is 0.240. The van der Waals surface area contributed by atoms with Crippen molar-refractivity contribution < 1.29 is 18.4 Å². The minimum atomic E-state index is -0.881. The highest BCUT2D eigenvalue weighted by Crippen LogP contribution is 2.24. The van der Waals surface area contributed by atoms with Gasteiger partial charge in [-0.3, -0.25) is 9.59 Å². The van der Waals surface area contributed by atoms with Crippen LogP contribution in [0.2, 0.25) is 0 Å². The van der Waals surface area contributed by atoms with E-state index < -0.39 is 11.9 Å². The lowest BCUT2D eigenvalue weighted by atomic mass is 9.99. The Morgan fingerprint density at radius 3 is 2.06 bits per heavy atom. The summed E-state index contributed by atoms with van der Waals surface area (Å²) in [5.74, 6) is -1.81. The molecule has 0 spiro atoms. The summed E-state index contributed by atoms with van der Waals surface area (Å²) in [7, 11) is 1.77. The molecule has 0 radical (unpaired) electrons. The SMILES string of the molecule is CCCC(=O)N(C)c1ccc(-c2ccc(C(=O)CCc3ccc(F)nc3F)cc2)cc1. The lowest BCUT2D eigenvalue weighted by molar-refractivity contribution is -0.118. The Balaban J connectivity index is 1.64. The molecule has 1 heterocycles. The Morgan fingerprint density at radius 1 is 0.871 bits per heavy atom.